The van der Waals surface area contributed by atoms with Crippen molar-refractivity contribution < 1.29 is 13.9 Å². The van der Waals surface area contributed by atoms with E-state index in [4.69, 9.17) is 4.74 Å². The molecular weight excluding hydrogens is 321 g/mol. The molecular formula is C19H18FN3O2. The Morgan fingerprint density at radius 3 is 2.64 bits per heavy atom. The van der Waals surface area contributed by atoms with Gasteiger partial charge in [-0.2, -0.15) is 0 Å². The van der Waals surface area contributed by atoms with Crippen LogP contribution in [0.25, 0.3) is 11.3 Å². The number of nitrogens with zero attached hydrogens (tertiary/aromatic N) is 2. The maximum absolute atomic E-state index is 13.1. The molecule has 0 radical (unpaired) electrons. The number of imidazole rings is 1. The summed E-state index contributed by atoms with van der Waals surface area (Å²) >= 11 is 0. The van der Waals surface area contributed by atoms with E-state index in [0.717, 1.165) is 11.1 Å². The molecule has 0 aliphatic rings. The van der Waals surface area contributed by atoms with Gasteiger partial charge in [0.1, 0.15) is 17.3 Å². The normalized spacial score (nSPS) is 10.7. The zero-order chi connectivity index (χ0) is 17.8. The Morgan fingerprint density at radius 2 is 1.92 bits per heavy atom. The van der Waals surface area contributed by atoms with Gasteiger partial charge in [0.2, 0.25) is 0 Å². The number of ether oxygens (including phenoxy) is 1. The number of anilines is 1. The van der Waals surface area contributed by atoms with E-state index in [2.05, 4.69) is 10.3 Å². The number of carbonyl (C=O) groups is 1. The molecule has 0 aliphatic carbocycles. The lowest BCUT2D eigenvalue weighted by molar-refractivity contribution is 0.102. The van der Waals surface area contributed by atoms with Crippen molar-refractivity contribution in [2.24, 2.45) is 7.05 Å². The largest absolute Gasteiger partial charge is 0.380 e. The van der Waals surface area contributed by atoms with Crippen molar-refractivity contribution in [3.05, 3.63) is 71.8 Å². The molecule has 2 aromatic carbocycles. The molecule has 3 aromatic rings. The first-order valence-electron chi connectivity index (χ1n) is 7.75. The highest BCUT2D eigenvalue weighted by Crippen LogP contribution is 2.27. The quantitative estimate of drug-likeness (QED) is 0.772. The van der Waals surface area contributed by atoms with Gasteiger partial charge < -0.3 is 14.6 Å². The van der Waals surface area contributed by atoms with E-state index in [1.54, 1.807) is 49.3 Å². The summed E-state index contributed by atoms with van der Waals surface area (Å²) < 4.78 is 20.0. The molecule has 1 heterocycles. The van der Waals surface area contributed by atoms with Crippen LogP contribution in [0.3, 0.4) is 0 Å². The summed E-state index contributed by atoms with van der Waals surface area (Å²) in [4.78, 5) is 17.1. The summed E-state index contributed by atoms with van der Waals surface area (Å²) in [5.74, 6) is -0.0257. The number of benzene rings is 2. The predicted octanol–water partition coefficient (Wildman–Crippen LogP) is 3.62. The second kappa shape index (κ2) is 7.27. The molecule has 1 amide bonds. The lowest BCUT2D eigenvalue weighted by Gasteiger charge is -2.11. The highest BCUT2D eigenvalue weighted by molar-refractivity contribution is 6.06. The van der Waals surface area contributed by atoms with Gasteiger partial charge in [-0.15, -0.1) is 0 Å². The molecule has 0 unspecified atom stereocenters. The SMILES string of the molecule is COCc1ccccc1C(=O)Nc1c(-c2ccc(F)cc2)ncn1C. The van der Waals surface area contributed by atoms with E-state index in [9.17, 15) is 9.18 Å². The first kappa shape index (κ1) is 16.9. The number of rotatable bonds is 5. The summed E-state index contributed by atoms with van der Waals surface area (Å²) in [6.45, 7) is 0.347. The minimum Gasteiger partial charge on any atom is -0.380 e. The van der Waals surface area contributed by atoms with Crippen molar-refractivity contribution in [1.29, 1.82) is 0 Å². The van der Waals surface area contributed by atoms with Crippen LogP contribution in [-0.2, 0) is 18.4 Å². The molecule has 25 heavy (non-hydrogen) atoms. The second-order valence-electron chi connectivity index (χ2n) is 5.60. The van der Waals surface area contributed by atoms with E-state index in [0.29, 0.717) is 23.7 Å². The highest BCUT2D eigenvalue weighted by atomic mass is 19.1. The Kier molecular flexibility index (Phi) is 4.90. The second-order valence-corrected chi connectivity index (χ2v) is 5.60. The number of nitrogens with one attached hydrogen (secondary N) is 1. The van der Waals surface area contributed by atoms with Crippen molar-refractivity contribution in [3.8, 4) is 11.3 Å². The van der Waals surface area contributed by atoms with Gasteiger partial charge in [0.25, 0.3) is 5.91 Å². The molecule has 0 fully saturated rings. The fourth-order valence-electron chi connectivity index (χ4n) is 2.59. The third-order valence-corrected chi connectivity index (χ3v) is 3.85. The monoisotopic (exact) mass is 339 g/mol. The minimum absolute atomic E-state index is 0.250. The van der Waals surface area contributed by atoms with Crippen LogP contribution >= 0.6 is 0 Å². The number of aryl methyl sites for hydroxylation is 1. The Labute approximate surface area is 145 Å². The fraction of sp³-hybridized carbons (Fsp3) is 0.158. The van der Waals surface area contributed by atoms with Crippen LogP contribution in [0.15, 0.2) is 54.9 Å². The number of halogens is 1. The lowest BCUT2D eigenvalue weighted by atomic mass is 10.1. The van der Waals surface area contributed by atoms with Crippen molar-refractivity contribution >= 4 is 11.7 Å². The molecule has 0 saturated carbocycles. The number of amides is 1. The van der Waals surface area contributed by atoms with E-state index >= 15 is 0 Å². The molecule has 0 atom stereocenters. The first-order chi connectivity index (χ1) is 12.1. The van der Waals surface area contributed by atoms with E-state index < -0.39 is 0 Å². The van der Waals surface area contributed by atoms with Crippen molar-refractivity contribution in [2.45, 2.75) is 6.61 Å². The van der Waals surface area contributed by atoms with Crippen LogP contribution < -0.4 is 5.32 Å². The Hall–Kier alpha value is -2.99. The average Bonchev–Trinajstić information content (AvgIpc) is 2.97. The Bertz CT molecular complexity index is 888. The number of hydrogen-bond acceptors (Lipinski definition) is 3. The minimum atomic E-state index is -0.321. The molecule has 0 aliphatic heterocycles. The van der Waals surface area contributed by atoms with Crippen LogP contribution in [-0.4, -0.2) is 22.6 Å². The summed E-state index contributed by atoms with van der Waals surface area (Å²) in [5.41, 5.74) is 2.64. The number of aromatic nitrogens is 2. The topological polar surface area (TPSA) is 56.1 Å². The van der Waals surface area contributed by atoms with Gasteiger partial charge in [0.15, 0.2) is 0 Å². The van der Waals surface area contributed by atoms with Crippen LogP contribution in [0.1, 0.15) is 15.9 Å². The average molecular weight is 339 g/mol. The van der Waals surface area contributed by atoms with Crippen LogP contribution in [0, 0.1) is 5.82 Å². The number of hydrogen-bond donors (Lipinski definition) is 1. The number of carbonyl (C=O) groups excluding carboxylic acids is 1. The highest BCUT2D eigenvalue weighted by Gasteiger charge is 2.17. The third kappa shape index (κ3) is 3.59. The molecule has 0 bridgehead atoms. The van der Waals surface area contributed by atoms with E-state index in [1.165, 1.54) is 12.1 Å². The molecule has 3 rings (SSSR count). The molecule has 128 valence electrons. The van der Waals surface area contributed by atoms with Gasteiger partial charge in [0, 0.05) is 25.3 Å². The first-order valence-corrected chi connectivity index (χ1v) is 7.75. The molecule has 1 aromatic heterocycles. The zero-order valence-electron chi connectivity index (χ0n) is 14.0. The van der Waals surface area contributed by atoms with Crippen molar-refractivity contribution in [1.82, 2.24) is 9.55 Å². The van der Waals surface area contributed by atoms with Gasteiger partial charge in [-0.25, -0.2) is 9.37 Å². The Balaban J connectivity index is 1.92. The van der Waals surface area contributed by atoms with Gasteiger partial charge in [-0.3, -0.25) is 4.79 Å². The van der Waals surface area contributed by atoms with Crippen molar-refractivity contribution in [2.75, 3.05) is 12.4 Å². The van der Waals surface area contributed by atoms with E-state index in [1.807, 2.05) is 12.1 Å². The molecule has 0 spiro atoms. The van der Waals surface area contributed by atoms with Gasteiger partial charge in [0.05, 0.1) is 12.9 Å². The predicted molar refractivity (Wildman–Crippen MR) is 93.7 cm³/mol. The summed E-state index contributed by atoms with van der Waals surface area (Å²) in [6.07, 6.45) is 1.61. The molecule has 5 nitrogen and oxygen atoms in total. The third-order valence-electron chi connectivity index (χ3n) is 3.85. The summed E-state index contributed by atoms with van der Waals surface area (Å²) in [7, 11) is 3.37. The van der Waals surface area contributed by atoms with Crippen LogP contribution in [0.4, 0.5) is 10.2 Å². The summed E-state index contributed by atoms with van der Waals surface area (Å²) in [6, 6.07) is 13.3. The maximum atomic E-state index is 13.1. The Morgan fingerprint density at radius 1 is 1.20 bits per heavy atom. The van der Waals surface area contributed by atoms with Gasteiger partial charge >= 0.3 is 0 Å². The smallest absolute Gasteiger partial charge is 0.257 e. The number of methoxy groups -OCH3 is 1. The van der Waals surface area contributed by atoms with Crippen LogP contribution in [0.2, 0.25) is 0 Å². The van der Waals surface area contributed by atoms with Gasteiger partial charge in [-0.05, 0) is 35.9 Å². The standard InChI is InChI=1S/C19H18FN3O2/c1-23-12-21-17(13-7-9-15(20)10-8-13)18(23)22-19(24)16-6-4-3-5-14(16)11-25-2/h3-10,12H,11H2,1-2H3,(H,22,24). The van der Waals surface area contributed by atoms with Gasteiger partial charge in [-0.1, -0.05) is 18.2 Å². The van der Waals surface area contributed by atoms with Crippen molar-refractivity contribution in [3.63, 3.8) is 0 Å². The maximum Gasteiger partial charge on any atom is 0.257 e. The zero-order valence-corrected chi connectivity index (χ0v) is 14.0. The summed E-state index contributed by atoms with van der Waals surface area (Å²) in [5, 5.41) is 2.90. The fourth-order valence-corrected chi connectivity index (χ4v) is 2.59. The van der Waals surface area contributed by atoms with E-state index in [-0.39, 0.29) is 11.7 Å². The lowest BCUT2D eigenvalue weighted by Crippen LogP contribution is -2.17. The van der Waals surface area contributed by atoms with Crippen LogP contribution in [0.5, 0.6) is 0 Å². The molecule has 6 heteroatoms. The molecule has 1 N–H and O–H groups in total. The molecule has 0 saturated heterocycles.